The van der Waals surface area contributed by atoms with E-state index in [0.717, 1.165) is 26.1 Å². The maximum absolute atomic E-state index is 3.46. The Morgan fingerprint density at radius 3 is 2.60 bits per heavy atom. The molecule has 0 saturated heterocycles. The van der Waals surface area contributed by atoms with Gasteiger partial charge in [0.05, 0.1) is 0 Å². The van der Waals surface area contributed by atoms with Gasteiger partial charge in [0.2, 0.25) is 0 Å². The first kappa shape index (κ1) is 12.7. The number of nitrogens with one attached hydrogen (secondary N) is 2. The summed E-state index contributed by atoms with van der Waals surface area (Å²) in [4.78, 5) is 1.46. The van der Waals surface area contributed by atoms with Crippen LogP contribution in [0, 0.1) is 0 Å². The highest BCUT2D eigenvalue weighted by molar-refractivity contribution is 7.09. The van der Waals surface area contributed by atoms with Gasteiger partial charge in [-0.15, -0.1) is 11.3 Å². The Kier molecular flexibility index (Phi) is 5.29. The molecule has 0 saturated carbocycles. The van der Waals surface area contributed by atoms with Crippen molar-refractivity contribution in [2.45, 2.75) is 32.7 Å². The summed E-state index contributed by atoms with van der Waals surface area (Å²) < 4.78 is 0. The molecule has 15 heavy (non-hydrogen) atoms. The van der Waals surface area contributed by atoms with Crippen LogP contribution in [0.15, 0.2) is 17.5 Å². The van der Waals surface area contributed by atoms with Crippen molar-refractivity contribution in [3.63, 3.8) is 0 Å². The fourth-order valence-corrected chi connectivity index (χ4v) is 2.03. The van der Waals surface area contributed by atoms with E-state index >= 15 is 0 Å². The molecule has 0 spiro atoms. The van der Waals surface area contributed by atoms with Crippen LogP contribution in [0.4, 0.5) is 0 Å². The quantitative estimate of drug-likeness (QED) is 0.727. The van der Waals surface area contributed by atoms with Crippen molar-refractivity contribution in [1.82, 2.24) is 10.6 Å². The lowest BCUT2D eigenvalue weighted by Gasteiger charge is -2.20. The van der Waals surface area contributed by atoms with Crippen LogP contribution in [0.2, 0.25) is 0 Å². The molecule has 0 aliphatic carbocycles. The van der Waals surface area contributed by atoms with Crippen molar-refractivity contribution >= 4 is 11.3 Å². The zero-order chi connectivity index (χ0) is 11.1. The summed E-state index contributed by atoms with van der Waals surface area (Å²) in [6, 6.07) is 4.31. The molecule has 0 radical (unpaired) electrons. The molecule has 2 nitrogen and oxygen atoms in total. The van der Waals surface area contributed by atoms with Gasteiger partial charge >= 0.3 is 0 Å². The second-order valence-corrected chi connectivity index (χ2v) is 5.79. The molecule has 1 rings (SSSR count). The van der Waals surface area contributed by atoms with Gasteiger partial charge in [-0.25, -0.2) is 0 Å². The Hall–Kier alpha value is -0.380. The van der Waals surface area contributed by atoms with Crippen molar-refractivity contribution in [2.24, 2.45) is 0 Å². The summed E-state index contributed by atoms with van der Waals surface area (Å²) in [5.74, 6) is 0. The predicted molar refractivity (Wildman–Crippen MR) is 68.6 cm³/mol. The molecule has 2 N–H and O–H groups in total. The van der Waals surface area contributed by atoms with E-state index < -0.39 is 0 Å². The topological polar surface area (TPSA) is 24.1 Å². The number of rotatable bonds is 6. The van der Waals surface area contributed by atoms with E-state index in [1.54, 1.807) is 0 Å². The van der Waals surface area contributed by atoms with Gasteiger partial charge in [0.15, 0.2) is 0 Å². The molecule has 86 valence electrons. The molecule has 1 aromatic heterocycles. The second kappa shape index (κ2) is 6.26. The summed E-state index contributed by atoms with van der Waals surface area (Å²) in [7, 11) is 0. The minimum atomic E-state index is 0.232. The molecule has 0 amide bonds. The summed E-state index contributed by atoms with van der Waals surface area (Å²) >= 11 is 1.84. The van der Waals surface area contributed by atoms with Crippen molar-refractivity contribution in [3.05, 3.63) is 22.4 Å². The number of hydrogen-bond donors (Lipinski definition) is 2. The van der Waals surface area contributed by atoms with Gasteiger partial charge in [-0.2, -0.15) is 0 Å². The molecule has 1 heterocycles. The normalized spacial score (nSPS) is 11.9. The average Bonchev–Trinajstić information content (AvgIpc) is 2.61. The lowest BCUT2D eigenvalue weighted by Crippen LogP contribution is -2.40. The van der Waals surface area contributed by atoms with E-state index in [2.05, 4.69) is 48.9 Å². The third-order valence-electron chi connectivity index (χ3n) is 2.09. The summed E-state index contributed by atoms with van der Waals surface area (Å²) in [5, 5.41) is 9.03. The Balaban J connectivity index is 1.94. The van der Waals surface area contributed by atoms with Crippen molar-refractivity contribution in [1.29, 1.82) is 0 Å². The zero-order valence-corrected chi connectivity index (χ0v) is 10.8. The first-order valence-electron chi connectivity index (χ1n) is 5.56. The molecule has 0 fully saturated rings. The smallest absolute Gasteiger partial charge is 0.00970 e. The summed E-state index contributed by atoms with van der Waals surface area (Å²) in [6.45, 7) is 9.73. The maximum atomic E-state index is 3.46. The van der Waals surface area contributed by atoms with E-state index in [0.29, 0.717) is 0 Å². The van der Waals surface area contributed by atoms with Gasteiger partial charge in [-0.1, -0.05) is 6.07 Å². The lowest BCUT2D eigenvalue weighted by atomic mass is 10.1. The van der Waals surface area contributed by atoms with E-state index in [9.17, 15) is 0 Å². The van der Waals surface area contributed by atoms with Crippen LogP contribution in [0.5, 0.6) is 0 Å². The predicted octanol–water partition coefficient (Wildman–Crippen LogP) is 2.27. The SMILES string of the molecule is CC(C)(C)NCCNCCc1cccs1. The Bertz CT molecular complexity index is 249. The minimum absolute atomic E-state index is 0.232. The van der Waals surface area contributed by atoms with Crippen LogP contribution < -0.4 is 10.6 Å². The van der Waals surface area contributed by atoms with Gasteiger partial charge in [-0.05, 0) is 38.6 Å². The van der Waals surface area contributed by atoms with E-state index in [-0.39, 0.29) is 5.54 Å². The highest BCUT2D eigenvalue weighted by Crippen LogP contribution is 2.07. The standard InChI is InChI=1S/C12H22N2S/c1-12(2,3)14-9-8-13-7-6-11-5-4-10-15-11/h4-5,10,13-14H,6-9H2,1-3H3. The molecule has 0 bridgehead atoms. The molecule has 0 aliphatic heterocycles. The Labute approximate surface area is 97.1 Å². The average molecular weight is 226 g/mol. The molecule has 3 heteroatoms. The summed E-state index contributed by atoms with van der Waals surface area (Å²) in [6.07, 6.45) is 1.15. The van der Waals surface area contributed by atoms with Crippen LogP contribution in [0.3, 0.4) is 0 Å². The van der Waals surface area contributed by atoms with Gasteiger partial charge in [0.1, 0.15) is 0 Å². The van der Waals surface area contributed by atoms with Crippen molar-refractivity contribution in [2.75, 3.05) is 19.6 Å². The fraction of sp³-hybridized carbons (Fsp3) is 0.667. The van der Waals surface area contributed by atoms with Gasteiger partial charge in [0, 0.05) is 30.1 Å². The monoisotopic (exact) mass is 226 g/mol. The highest BCUT2D eigenvalue weighted by atomic mass is 32.1. The van der Waals surface area contributed by atoms with Crippen molar-refractivity contribution < 1.29 is 0 Å². The molecular formula is C12H22N2S. The number of thiophene rings is 1. The molecule has 0 atom stereocenters. The highest BCUT2D eigenvalue weighted by Gasteiger charge is 2.06. The summed E-state index contributed by atoms with van der Waals surface area (Å²) in [5.41, 5.74) is 0.232. The van der Waals surface area contributed by atoms with Crippen LogP contribution in [0.1, 0.15) is 25.6 Å². The molecule has 0 aliphatic rings. The first-order valence-corrected chi connectivity index (χ1v) is 6.44. The first-order chi connectivity index (χ1) is 7.08. The molecule has 0 unspecified atom stereocenters. The second-order valence-electron chi connectivity index (χ2n) is 4.76. The van der Waals surface area contributed by atoms with Crippen LogP contribution in [-0.2, 0) is 6.42 Å². The lowest BCUT2D eigenvalue weighted by molar-refractivity contribution is 0.422. The van der Waals surface area contributed by atoms with E-state index in [1.165, 1.54) is 4.88 Å². The molecule has 0 aromatic carbocycles. The molecular weight excluding hydrogens is 204 g/mol. The fourth-order valence-electron chi connectivity index (χ4n) is 1.32. The van der Waals surface area contributed by atoms with Gasteiger partial charge in [0.25, 0.3) is 0 Å². The van der Waals surface area contributed by atoms with Crippen LogP contribution >= 0.6 is 11.3 Å². The van der Waals surface area contributed by atoms with E-state index in [1.807, 2.05) is 11.3 Å². The third kappa shape index (κ3) is 6.66. The van der Waals surface area contributed by atoms with Gasteiger partial charge < -0.3 is 10.6 Å². The van der Waals surface area contributed by atoms with Crippen LogP contribution in [-0.4, -0.2) is 25.2 Å². The van der Waals surface area contributed by atoms with Crippen molar-refractivity contribution in [3.8, 4) is 0 Å². The van der Waals surface area contributed by atoms with Crippen LogP contribution in [0.25, 0.3) is 0 Å². The Morgan fingerprint density at radius 1 is 1.20 bits per heavy atom. The van der Waals surface area contributed by atoms with E-state index in [4.69, 9.17) is 0 Å². The third-order valence-corrected chi connectivity index (χ3v) is 3.02. The zero-order valence-electron chi connectivity index (χ0n) is 9.97. The largest absolute Gasteiger partial charge is 0.315 e. The molecule has 1 aromatic rings. The Morgan fingerprint density at radius 2 is 2.00 bits per heavy atom. The van der Waals surface area contributed by atoms with Gasteiger partial charge in [-0.3, -0.25) is 0 Å². The minimum Gasteiger partial charge on any atom is -0.315 e. The number of hydrogen-bond acceptors (Lipinski definition) is 3. The maximum Gasteiger partial charge on any atom is 0.00970 e.